The average Bonchev–Trinajstić information content (AvgIpc) is 3.02. The van der Waals surface area contributed by atoms with Crippen LogP contribution in [0.2, 0.25) is 0 Å². The van der Waals surface area contributed by atoms with Crippen molar-refractivity contribution >= 4 is 27.3 Å². The Morgan fingerprint density at radius 3 is 2.87 bits per heavy atom. The predicted octanol–water partition coefficient (Wildman–Crippen LogP) is 3.46. The van der Waals surface area contributed by atoms with Crippen molar-refractivity contribution < 1.29 is 0 Å². The van der Waals surface area contributed by atoms with Crippen LogP contribution in [-0.2, 0) is 0 Å². The Morgan fingerprint density at radius 1 is 1.33 bits per heavy atom. The summed E-state index contributed by atoms with van der Waals surface area (Å²) in [5.41, 5.74) is 2.70. The molecule has 1 aromatic carbocycles. The number of anilines is 2. The number of rotatable bonds is 1. The van der Waals surface area contributed by atoms with Gasteiger partial charge in [0.25, 0.3) is 0 Å². The lowest BCUT2D eigenvalue weighted by Gasteiger charge is -2.38. The van der Waals surface area contributed by atoms with E-state index in [1.807, 2.05) is 0 Å². The van der Waals surface area contributed by atoms with Crippen LogP contribution in [0, 0.1) is 5.92 Å². The molecule has 80 valence electrons. The van der Waals surface area contributed by atoms with Crippen LogP contribution in [0.4, 0.5) is 11.4 Å². The summed E-state index contributed by atoms with van der Waals surface area (Å²) in [6.45, 7) is 3.35. The van der Waals surface area contributed by atoms with Crippen molar-refractivity contribution in [2.24, 2.45) is 5.92 Å². The van der Waals surface area contributed by atoms with Crippen molar-refractivity contribution in [3.05, 3.63) is 22.7 Å². The molecule has 1 saturated carbocycles. The van der Waals surface area contributed by atoms with Gasteiger partial charge in [0.1, 0.15) is 0 Å². The average molecular weight is 267 g/mol. The van der Waals surface area contributed by atoms with Crippen molar-refractivity contribution in [1.82, 2.24) is 0 Å². The highest BCUT2D eigenvalue weighted by atomic mass is 79.9. The van der Waals surface area contributed by atoms with Gasteiger partial charge < -0.3 is 10.6 Å². The summed E-state index contributed by atoms with van der Waals surface area (Å²) < 4.78 is 1.13. The first-order chi connectivity index (χ1) is 7.17. The quantitative estimate of drug-likeness (QED) is 0.814. The van der Waals surface area contributed by atoms with Gasteiger partial charge in [0.2, 0.25) is 0 Å². The van der Waals surface area contributed by atoms with Gasteiger partial charge in [-0.25, -0.2) is 0 Å². The molecule has 0 bridgehead atoms. The molecular weight excluding hydrogens is 252 g/mol. The Balaban J connectivity index is 1.92. The fourth-order valence-electron chi connectivity index (χ4n) is 2.37. The van der Waals surface area contributed by atoms with Crippen molar-refractivity contribution in [3.8, 4) is 0 Å². The lowest BCUT2D eigenvalue weighted by Crippen LogP contribution is -2.47. The number of benzene rings is 1. The summed E-state index contributed by atoms with van der Waals surface area (Å²) >= 11 is 3.49. The minimum absolute atomic E-state index is 0.251. The first-order valence-electron chi connectivity index (χ1n) is 5.49. The lowest BCUT2D eigenvalue weighted by atomic mass is 9.93. The molecule has 0 saturated heterocycles. The highest BCUT2D eigenvalue weighted by molar-refractivity contribution is 9.10. The number of fused-ring (bicyclic) bond motifs is 1. The summed E-state index contributed by atoms with van der Waals surface area (Å²) in [6, 6.07) is 6.37. The van der Waals surface area contributed by atoms with Crippen LogP contribution in [0.15, 0.2) is 22.7 Å². The molecule has 1 aliphatic heterocycles. The summed E-state index contributed by atoms with van der Waals surface area (Å²) in [7, 11) is 0. The fraction of sp³-hybridized carbons (Fsp3) is 0.500. The van der Waals surface area contributed by atoms with E-state index in [1.54, 1.807) is 0 Å². The van der Waals surface area contributed by atoms with Crippen LogP contribution in [0.25, 0.3) is 0 Å². The van der Waals surface area contributed by atoms with Gasteiger partial charge in [0, 0.05) is 11.0 Å². The fourth-order valence-corrected chi connectivity index (χ4v) is 2.73. The smallest absolute Gasteiger partial charge is 0.0588 e. The van der Waals surface area contributed by atoms with Crippen LogP contribution >= 0.6 is 15.9 Å². The second-order valence-corrected chi connectivity index (χ2v) is 5.78. The third-order valence-corrected chi connectivity index (χ3v) is 4.02. The zero-order valence-electron chi connectivity index (χ0n) is 8.81. The molecule has 1 unspecified atom stereocenters. The van der Waals surface area contributed by atoms with Crippen molar-refractivity contribution in [1.29, 1.82) is 0 Å². The van der Waals surface area contributed by atoms with Crippen LogP contribution in [0.5, 0.6) is 0 Å². The van der Waals surface area contributed by atoms with Crippen LogP contribution in [-0.4, -0.2) is 12.1 Å². The van der Waals surface area contributed by atoms with Gasteiger partial charge in [-0.2, -0.15) is 0 Å². The molecule has 0 aromatic heterocycles. The van der Waals surface area contributed by atoms with E-state index in [0.717, 1.165) is 16.9 Å². The maximum absolute atomic E-state index is 3.68. The van der Waals surface area contributed by atoms with E-state index in [9.17, 15) is 0 Å². The Labute approximate surface area is 98.6 Å². The monoisotopic (exact) mass is 266 g/mol. The topological polar surface area (TPSA) is 24.1 Å². The SMILES string of the molecule is CC1(C2CC2)CNc2cc(Br)ccc2N1. The third-order valence-electron chi connectivity index (χ3n) is 3.53. The molecule has 2 nitrogen and oxygen atoms in total. The zero-order chi connectivity index (χ0) is 10.5. The zero-order valence-corrected chi connectivity index (χ0v) is 10.4. The molecule has 0 radical (unpaired) electrons. The van der Waals surface area contributed by atoms with E-state index in [0.29, 0.717) is 0 Å². The van der Waals surface area contributed by atoms with Crippen LogP contribution in [0.3, 0.4) is 0 Å². The minimum atomic E-state index is 0.251. The number of hydrogen-bond acceptors (Lipinski definition) is 2. The molecule has 1 aromatic rings. The van der Waals surface area contributed by atoms with E-state index < -0.39 is 0 Å². The molecule has 0 amide bonds. The maximum Gasteiger partial charge on any atom is 0.0588 e. The first-order valence-corrected chi connectivity index (χ1v) is 6.28. The Kier molecular flexibility index (Phi) is 2.00. The summed E-state index contributed by atoms with van der Waals surface area (Å²) in [5, 5.41) is 7.20. The molecule has 15 heavy (non-hydrogen) atoms. The molecule has 1 heterocycles. The highest BCUT2D eigenvalue weighted by Gasteiger charge is 2.43. The standard InChI is InChI=1S/C12H15BrN2/c1-12(8-2-3-8)7-14-11-6-9(13)4-5-10(11)15-12/h4-6,8,14-15H,2-3,7H2,1H3. The number of halogens is 1. The summed E-state index contributed by atoms with van der Waals surface area (Å²) in [4.78, 5) is 0. The van der Waals surface area contributed by atoms with Gasteiger partial charge in [-0.05, 0) is 43.9 Å². The first kappa shape index (κ1) is 9.52. The summed E-state index contributed by atoms with van der Waals surface area (Å²) in [5.74, 6) is 0.849. The largest absolute Gasteiger partial charge is 0.381 e. The molecule has 2 aliphatic rings. The third kappa shape index (κ3) is 1.63. The Bertz CT molecular complexity index is 401. The Hall–Kier alpha value is -0.700. The number of nitrogens with one attached hydrogen (secondary N) is 2. The van der Waals surface area contributed by atoms with Gasteiger partial charge in [-0.1, -0.05) is 15.9 Å². The highest BCUT2D eigenvalue weighted by Crippen LogP contribution is 2.44. The maximum atomic E-state index is 3.68. The molecule has 1 aliphatic carbocycles. The number of hydrogen-bond donors (Lipinski definition) is 2. The van der Waals surface area contributed by atoms with Gasteiger partial charge in [0.05, 0.1) is 16.9 Å². The molecule has 1 fully saturated rings. The van der Waals surface area contributed by atoms with E-state index in [2.05, 4.69) is 51.7 Å². The minimum Gasteiger partial charge on any atom is -0.381 e. The summed E-state index contributed by atoms with van der Waals surface area (Å²) in [6.07, 6.45) is 2.74. The molecule has 2 N–H and O–H groups in total. The van der Waals surface area contributed by atoms with Gasteiger partial charge in [0.15, 0.2) is 0 Å². The van der Waals surface area contributed by atoms with Crippen LogP contribution < -0.4 is 10.6 Å². The predicted molar refractivity (Wildman–Crippen MR) is 67.4 cm³/mol. The van der Waals surface area contributed by atoms with Crippen molar-refractivity contribution in [3.63, 3.8) is 0 Å². The van der Waals surface area contributed by atoms with Gasteiger partial charge >= 0.3 is 0 Å². The second kappa shape index (κ2) is 3.14. The molecule has 1 atom stereocenters. The van der Waals surface area contributed by atoms with Gasteiger partial charge in [-0.15, -0.1) is 0 Å². The van der Waals surface area contributed by atoms with Gasteiger partial charge in [-0.3, -0.25) is 0 Å². The van der Waals surface area contributed by atoms with Crippen LogP contribution in [0.1, 0.15) is 19.8 Å². The molecule has 0 spiro atoms. The van der Waals surface area contributed by atoms with E-state index >= 15 is 0 Å². The molecule has 3 heteroatoms. The van der Waals surface area contributed by atoms with Crippen molar-refractivity contribution in [2.75, 3.05) is 17.2 Å². The van der Waals surface area contributed by atoms with E-state index in [4.69, 9.17) is 0 Å². The normalized spacial score (nSPS) is 28.9. The second-order valence-electron chi connectivity index (χ2n) is 4.86. The van der Waals surface area contributed by atoms with E-state index in [-0.39, 0.29) is 5.54 Å². The molecular formula is C12H15BrN2. The van der Waals surface area contributed by atoms with E-state index in [1.165, 1.54) is 24.2 Å². The lowest BCUT2D eigenvalue weighted by molar-refractivity contribution is 0.466. The molecule has 3 rings (SSSR count). The Morgan fingerprint density at radius 2 is 2.13 bits per heavy atom. The van der Waals surface area contributed by atoms with Crippen molar-refractivity contribution in [2.45, 2.75) is 25.3 Å².